The van der Waals surface area contributed by atoms with E-state index < -0.39 is 0 Å². The minimum Gasteiger partial charge on any atom is -0.497 e. The van der Waals surface area contributed by atoms with Gasteiger partial charge < -0.3 is 25.0 Å². The third-order valence-electron chi connectivity index (χ3n) is 5.41. The van der Waals surface area contributed by atoms with Gasteiger partial charge in [-0.25, -0.2) is 4.79 Å². The first kappa shape index (κ1) is 21.5. The molecule has 1 aliphatic heterocycles. The Kier molecular flexibility index (Phi) is 7.17. The Hall–Kier alpha value is -3.22. The summed E-state index contributed by atoms with van der Waals surface area (Å²) in [5.41, 5.74) is 2.59. The Morgan fingerprint density at radius 1 is 1.10 bits per heavy atom. The summed E-state index contributed by atoms with van der Waals surface area (Å²) in [7, 11) is 4.84. The minimum absolute atomic E-state index is 0.0534. The third kappa shape index (κ3) is 5.23. The van der Waals surface area contributed by atoms with Gasteiger partial charge in [0, 0.05) is 44.2 Å². The predicted molar refractivity (Wildman–Crippen MR) is 115 cm³/mol. The lowest BCUT2D eigenvalue weighted by Gasteiger charge is -2.32. The van der Waals surface area contributed by atoms with Gasteiger partial charge in [-0.15, -0.1) is 0 Å². The number of carbonyl (C=O) groups excluding carboxylic acids is 2. The summed E-state index contributed by atoms with van der Waals surface area (Å²) >= 11 is 0. The normalized spacial score (nSPS) is 16.0. The number of piperidine rings is 1. The molecule has 2 aromatic rings. The Morgan fingerprint density at radius 3 is 2.50 bits per heavy atom. The molecule has 2 N–H and O–H groups in total. The average Bonchev–Trinajstić information content (AvgIpc) is 2.81. The van der Waals surface area contributed by atoms with Crippen LogP contribution >= 0.6 is 0 Å². The molecule has 0 aliphatic carbocycles. The van der Waals surface area contributed by atoms with Crippen molar-refractivity contribution in [1.29, 1.82) is 0 Å². The van der Waals surface area contributed by atoms with Gasteiger partial charge in [-0.2, -0.15) is 0 Å². The minimum atomic E-state index is -0.141. The van der Waals surface area contributed by atoms with E-state index in [4.69, 9.17) is 9.47 Å². The van der Waals surface area contributed by atoms with Crippen LogP contribution in [-0.2, 0) is 6.54 Å². The number of amides is 3. The number of urea groups is 1. The highest BCUT2D eigenvalue weighted by Gasteiger charge is 2.24. The average molecular weight is 412 g/mol. The van der Waals surface area contributed by atoms with Crippen LogP contribution in [0.3, 0.4) is 0 Å². The summed E-state index contributed by atoms with van der Waals surface area (Å²) in [6.07, 6.45) is 1.95. The van der Waals surface area contributed by atoms with Gasteiger partial charge in [-0.3, -0.25) is 4.79 Å². The van der Waals surface area contributed by atoms with E-state index in [9.17, 15) is 9.59 Å². The van der Waals surface area contributed by atoms with Gasteiger partial charge in [0.1, 0.15) is 11.5 Å². The SMILES string of the molecule is CNC(=O)N1CCC[C@H](c2cccc(C(=O)NCc3cc(OC)cc(OC)c3)c2)C1. The third-order valence-corrected chi connectivity index (χ3v) is 5.41. The molecule has 0 spiro atoms. The highest BCUT2D eigenvalue weighted by atomic mass is 16.5. The Labute approximate surface area is 177 Å². The smallest absolute Gasteiger partial charge is 0.317 e. The molecule has 160 valence electrons. The van der Waals surface area contributed by atoms with Crippen LogP contribution in [0, 0.1) is 0 Å². The van der Waals surface area contributed by atoms with E-state index in [0.29, 0.717) is 30.2 Å². The monoisotopic (exact) mass is 411 g/mol. The van der Waals surface area contributed by atoms with Crippen molar-refractivity contribution in [1.82, 2.24) is 15.5 Å². The first-order valence-corrected chi connectivity index (χ1v) is 10.1. The highest BCUT2D eigenvalue weighted by Crippen LogP contribution is 2.27. The number of hydrogen-bond donors (Lipinski definition) is 2. The molecule has 0 aromatic heterocycles. The van der Waals surface area contributed by atoms with E-state index in [2.05, 4.69) is 10.6 Å². The molecule has 1 heterocycles. The molecule has 1 fully saturated rings. The maximum absolute atomic E-state index is 12.7. The van der Waals surface area contributed by atoms with Crippen molar-refractivity contribution < 1.29 is 19.1 Å². The number of carbonyl (C=O) groups is 2. The first-order valence-electron chi connectivity index (χ1n) is 10.1. The lowest BCUT2D eigenvalue weighted by Crippen LogP contribution is -2.43. The fraction of sp³-hybridized carbons (Fsp3) is 0.391. The summed E-state index contributed by atoms with van der Waals surface area (Å²) < 4.78 is 10.6. The van der Waals surface area contributed by atoms with Crippen LogP contribution in [-0.4, -0.2) is 51.2 Å². The topological polar surface area (TPSA) is 79.9 Å². The molecule has 1 aliphatic rings. The maximum Gasteiger partial charge on any atom is 0.317 e. The Morgan fingerprint density at radius 2 is 1.83 bits per heavy atom. The van der Waals surface area contributed by atoms with Crippen LogP contribution in [0.25, 0.3) is 0 Å². The van der Waals surface area contributed by atoms with Crippen molar-refractivity contribution in [2.75, 3.05) is 34.4 Å². The second-order valence-electron chi connectivity index (χ2n) is 7.37. The van der Waals surface area contributed by atoms with Gasteiger partial charge in [0.25, 0.3) is 5.91 Å². The van der Waals surface area contributed by atoms with Crippen LogP contribution in [0.5, 0.6) is 11.5 Å². The Bertz CT molecular complexity index is 878. The maximum atomic E-state index is 12.7. The van der Waals surface area contributed by atoms with E-state index in [0.717, 1.165) is 30.5 Å². The zero-order chi connectivity index (χ0) is 21.5. The van der Waals surface area contributed by atoms with Crippen molar-refractivity contribution in [2.24, 2.45) is 0 Å². The number of nitrogens with zero attached hydrogens (tertiary/aromatic N) is 1. The summed E-state index contributed by atoms with van der Waals surface area (Å²) in [5.74, 6) is 1.45. The van der Waals surface area contributed by atoms with Crippen LogP contribution < -0.4 is 20.1 Å². The van der Waals surface area contributed by atoms with Gasteiger partial charge in [-0.1, -0.05) is 12.1 Å². The summed E-state index contributed by atoms with van der Waals surface area (Å²) in [4.78, 5) is 26.5. The lowest BCUT2D eigenvalue weighted by atomic mass is 9.89. The van der Waals surface area contributed by atoms with Crippen LogP contribution in [0.2, 0.25) is 0 Å². The number of ether oxygens (including phenoxy) is 2. The number of rotatable bonds is 6. The van der Waals surface area contributed by atoms with Gasteiger partial charge in [0.2, 0.25) is 0 Å². The summed E-state index contributed by atoms with van der Waals surface area (Å²) in [6, 6.07) is 13.1. The molecule has 0 saturated carbocycles. The zero-order valence-electron chi connectivity index (χ0n) is 17.7. The van der Waals surface area contributed by atoms with E-state index in [1.807, 2.05) is 41.3 Å². The van der Waals surface area contributed by atoms with E-state index in [1.54, 1.807) is 27.3 Å². The molecule has 7 heteroatoms. The molecule has 3 amide bonds. The molecule has 0 radical (unpaired) electrons. The van der Waals surface area contributed by atoms with E-state index in [1.165, 1.54) is 0 Å². The molecular formula is C23H29N3O4. The fourth-order valence-electron chi connectivity index (χ4n) is 3.78. The molecular weight excluding hydrogens is 382 g/mol. The number of methoxy groups -OCH3 is 2. The molecule has 30 heavy (non-hydrogen) atoms. The molecule has 0 unspecified atom stereocenters. The quantitative estimate of drug-likeness (QED) is 0.765. The van der Waals surface area contributed by atoms with Crippen molar-refractivity contribution in [3.05, 3.63) is 59.2 Å². The van der Waals surface area contributed by atoms with E-state index in [-0.39, 0.29) is 17.9 Å². The summed E-state index contributed by atoms with van der Waals surface area (Å²) in [5, 5.41) is 5.65. The zero-order valence-corrected chi connectivity index (χ0v) is 17.7. The largest absolute Gasteiger partial charge is 0.497 e. The number of benzene rings is 2. The second-order valence-corrected chi connectivity index (χ2v) is 7.37. The Balaban J connectivity index is 1.67. The summed E-state index contributed by atoms with van der Waals surface area (Å²) in [6.45, 7) is 1.79. The molecule has 1 atom stereocenters. The highest BCUT2D eigenvalue weighted by molar-refractivity contribution is 5.94. The first-order chi connectivity index (χ1) is 14.5. The number of likely N-dealkylation sites (tertiary alicyclic amines) is 1. The van der Waals surface area contributed by atoms with Crippen LogP contribution in [0.15, 0.2) is 42.5 Å². The van der Waals surface area contributed by atoms with E-state index >= 15 is 0 Å². The molecule has 2 aromatic carbocycles. The standard InChI is InChI=1S/C23H29N3O4/c1-24-23(28)26-9-5-8-19(15-26)17-6-4-7-18(12-17)22(27)25-14-16-10-20(29-2)13-21(11-16)30-3/h4,6-7,10-13,19H,5,8-9,14-15H2,1-3H3,(H,24,28)(H,25,27)/t19-/m0/s1. The second kappa shape index (κ2) is 10.0. The molecule has 0 bridgehead atoms. The number of hydrogen-bond acceptors (Lipinski definition) is 4. The van der Waals surface area contributed by atoms with Gasteiger partial charge in [-0.05, 0) is 48.2 Å². The van der Waals surface area contributed by atoms with Crippen LogP contribution in [0.4, 0.5) is 4.79 Å². The van der Waals surface area contributed by atoms with Gasteiger partial charge >= 0.3 is 6.03 Å². The van der Waals surface area contributed by atoms with Gasteiger partial charge in [0.05, 0.1) is 14.2 Å². The molecule has 1 saturated heterocycles. The van der Waals surface area contributed by atoms with Crippen molar-refractivity contribution >= 4 is 11.9 Å². The van der Waals surface area contributed by atoms with Crippen molar-refractivity contribution in [3.63, 3.8) is 0 Å². The lowest BCUT2D eigenvalue weighted by molar-refractivity contribution is 0.0950. The van der Waals surface area contributed by atoms with Crippen molar-refractivity contribution in [2.45, 2.75) is 25.3 Å². The fourth-order valence-corrected chi connectivity index (χ4v) is 3.78. The number of nitrogens with one attached hydrogen (secondary N) is 2. The predicted octanol–water partition coefficient (Wildman–Crippen LogP) is 3.15. The van der Waals surface area contributed by atoms with Crippen molar-refractivity contribution in [3.8, 4) is 11.5 Å². The molecule has 7 nitrogen and oxygen atoms in total. The van der Waals surface area contributed by atoms with Crippen LogP contribution in [0.1, 0.15) is 40.2 Å². The van der Waals surface area contributed by atoms with Gasteiger partial charge in [0.15, 0.2) is 0 Å². The molecule has 3 rings (SSSR count).